The monoisotopic (exact) mass is 694 g/mol. The predicted molar refractivity (Wildman–Crippen MR) is 172 cm³/mol. The van der Waals surface area contributed by atoms with Crippen molar-refractivity contribution in [3.05, 3.63) is 100 Å². The molecular formula is C32H34ClF3N4O4S2. The minimum atomic E-state index is -4.41. The molecule has 0 spiro atoms. The van der Waals surface area contributed by atoms with Crippen LogP contribution in [0.2, 0.25) is 5.02 Å². The highest BCUT2D eigenvalue weighted by Gasteiger charge is 2.31. The number of halogens is 4. The van der Waals surface area contributed by atoms with E-state index in [-0.39, 0.29) is 17.9 Å². The van der Waals surface area contributed by atoms with Crippen LogP contribution in [0.25, 0.3) is 5.69 Å². The Labute approximate surface area is 275 Å². The predicted octanol–water partition coefficient (Wildman–Crippen LogP) is 6.85. The second-order valence-corrected chi connectivity index (χ2v) is 14.3. The van der Waals surface area contributed by atoms with Crippen LogP contribution in [-0.4, -0.2) is 48.4 Å². The number of aromatic nitrogens is 2. The number of unbranched alkanes of at least 4 members (excludes halogenated alkanes) is 1. The van der Waals surface area contributed by atoms with Gasteiger partial charge >= 0.3 is 0 Å². The second-order valence-electron chi connectivity index (χ2n) is 11.0. The molecule has 0 radical (unpaired) electrons. The molecule has 246 valence electrons. The molecule has 4 aromatic rings. The maximum absolute atomic E-state index is 15.4. The Bertz CT molecular complexity index is 1810. The fourth-order valence-corrected chi connectivity index (χ4v) is 7.53. The zero-order chi connectivity index (χ0) is 33.8. The smallest absolute Gasteiger partial charge is 0.243 e. The summed E-state index contributed by atoms with van der Waals surface area (Å²) in [6.07, 6.45) is 2.69. The summed E-state index contributed by atoms with van der Waals surface area (Å²) in [5.74, 6) is -3.24. The Hall–Kier alpha value is -3.52. The Morgan fingerprint density at radius 3 is 2.33 bits per heavy atom. The number of hydrogen-bond acceptors (Lipinski definition) is 6. The first-order chi connectivity index (χ1) is 21.7. The van der Waals surface area contributed by atoms with Crippen LogP contribution in [0.3, 0.4) is 0 Å². The molecule has 0 atom stereocenters. The van der Waals surface area contributed by atoms with Gasteiger partial charge in [-0.2, -0.15) is 4.31 Å². The number of primary amides is 1. The molecule has 0 fully saturated rings. The number of carbonyl (C=O) groups excluding carboxylic acids is 1. The molecule has 8 nitrogen and oxygen atoms in total. The first-order valence-corrected chi connectivity index (χ1v) is 17.1. The maximum atomic E-state index is 15.4. The molecule has 0 saturated heterocycles. The SMILES string of the molecule is CCCCN(CC(N)=O)S(=O)(=O)c1cc(F)c(CSc2ncc(C(C)(C)c3ccc(Cl)c(OC)c3)n2-c2ccc(F)cc2)c(F)c1. The van der Waals surface area contributed by atoms with Crippen LogP contribution in [0.4, 0.5) is 13.2 Å². The van der Waals surface area contributed by atoms with Gasteiger partial charge < -0.3 is 10.5 Å². The maximum Gasteiger partial charge on any atom is 0.243 e. The average Bonchev–Trinajstić information content (AvgIpc) is 3.43. The van der Waals surface area contributed by atoms with Crippen molar-refractivity contribution in [2.24, 2.45) is 5.73 Å². The lowest BCUT2D eigenvalue weighted by Gasteiger charge is -2.28. The van der Waals surface area contributed by atoms with Gasteiger partial charge in [0.25, 0.3) is 0 Å². The Kier molecular flexibility index (Phi) is 11.1. The molecule has 1 heterocycles. The Balaban J connectivity index is 1.71. The minimum absolute atomic E-state index is 0.0316. The van der Waals surface area contributed by atoms with Gasteiger partial charge in [-0.05, 0) is 60.5 Å². The highest BCUT2D eigenvalue weighted by molar-refractivity contribution is 7.98. The van der Waals surface area contributed by atoms with E-state index in [9.17, 15) is 17.6 Å². The van der Waals surface area contributed by atoms with Gasteiger partial charge in [0.2, 0.25) is 15.9 Å². The van der Waals surface area contributed by atoms with Crippen LogP contribution < -0.4 is 10.5 Å². The molecular weight excluding hydrogens is 661 g/mol. The van der Waals surface area contributed by atoms with Crippen LogP contribution >= 0.6 is 23.4 Å². The lowest BCUT2D eigenvalue weighted by atomic mass is 9.81. The third kappa shape index (κ3) is 7.54. The molecule has 0 aliphatic rings. The molecule has 3 aromatic carbocycles. The van der Waals surface area contributed by atoms with Gasteiger partial charge in [-0.1, -0.05) is 56.6 Å². The zero-order valence-electron chi connectivity index (χ0n) is 25.7. The number of sulfonamides is 1. The third-order valence-electron chi connectivity index (χ3n) is 7.52. The van der Waals surface area contributed by atoms with Gasteiger partial charge in [0, 0.05) is 29.0 Å². The molecule has 0 unspecified atom stereocenters. The highest BCUT2D eigenvalue weighted by atomic mass is 35.5. The van der Waals surface area contributed by atoms with Gasteiger partial charge in [-0.15, -0.1) is 0 Å². The molecule has 0 saturated carbocycles. The van der Waals surface area contributed by atoms with Crippen molar-refractivity contribution in [1.82, 2.24) is 13.9 Å². The van der Waals surface area contributed by atoms with Gasteiger partial charge in [0.15, 0.2) is 5.16 Å². The van der Waals surface area contributed by atoms with E-state index < -0.39 is 50.2 Å². The number of imidazole rings is 1. The quantitative estimate of drug-likeness (QED) is 0.145. The van der Waals surface area contributed by atoms with Gasteiger partial charge in [-0.25, -0.2) is 26.6 Å². The summed E-state index contributed by atoms with van der Waals surface area (Å²) in [6.45, 7) is 5.11. The van der Waals surface area contributed by atoms with E-state index >= 15 is 8.78 Å². The van der Waals surface area contributed by atoms with E-state index in [1.165, 1.54) is 19.2 Å². The van der Waals surface area contributed by atoms with Gasteiger partial charge in [0.1, 0.15) is 23.2 Å². The first-order valence-electron chi connectivity index (χ1n) is 14.3. The second kappa shape index (κ2) is 14.5. The number of nitrogens with two attached hydrogens (primary N) is 1. The number of amides is 1. The number of carbonyl (C=O) groups is 1. The molecule has 1 amide bonds. The van der Waals surface area contributed by atoms with Gasteiger partial charge in [0.05, 0.1) is 35.5 Å². The number of benzene rings is 3. The van der Waals surface area contributed by atoms with Crippen molar-refractivity contribution in [3.8, 4) is 11.4 Å². The van der Waals surface area contributed by atoms with E-state index in [0.717, 1.165) is 33.8 Å². The number of rotatable bonds is 14. The van der Waals surface area contributed by atoms with E-state index in [0.29, 0.717) is 40.2 Å². The summed E-state index contributed by atoms with van der Waals surface area (Å²) in [5, 5.41) is 0.799. The fraction of sp³-hybridized carbons (Fsp3) is 0.312. The molecule has 1 aromatic heterocycles. The summed E-state index contributed by atoms with van der Waals surface area (Å²) in [6, 6.07) is 12.6. The molecule has 0 aliphatic heterocycles. The average molecular weight is 695 g/mol. The summed E-state index contributed by atoms with van der Waals surface area (Å²) < 4.78 is 79.0. The van der Waals surface area contributed by atoms with E-state index in [1.54, 1.807) is 29.0 Å². The lowest BCUT2D eigenvalue weighted by molar-refractivity contribution is -0.118. The standard InChI is InChI=1S/C32H34ClF3N4O4S2/c1-5-6-13-39(18-30(37)41)46(42,43)23-15-26(35)24(27(36)16-23)19-45-31-38-17-29(40(31)22-10-8-21(34)9-11-22)32(2,3)20-7-12-25(33)28(14-20)44-4/h7-12,14-17H,5-6,13,18-19H2,1-4H3,(H2,37,41). The summed E-state index contributed by atoms with van der Waals surface area (Å²) in [5.41, 5.74) is 6.26. The Morgan fingerprint density at radius 1 is 1.09 bits per heavy atom. The number of ether oxygens (including phenoxy) is 1. The van der Waals surface area contributed by atoms with E-state index in [2.05, 4.69) is 4.98 Å². The van der Waals surface area contributed by atoms with Crippen molar-refractivity contribution in [3.63, 3.8) is 0 Å². The van der Waals surface area contributed by atoms with Crippen molar-refractivity contribution in [1.29, 1.82) is 0 Å². The summed E-state index contributed by atoms with van der Waals surface area (Å²) in [7, 11) is -2.90. The van der Waals surface area contributed by atoms with Crippen molar-refractivity contribution >= 4 is 39.3 Å². The van der Waals surface area contributed by atoms with Crippen LogP contribution in [-0.2, 0) is 26.0 Å². The number of methoxy groups -OCH3 is 1. The number of nitrogens with zero attached hydrogens (tertiary/aromatic N) is 3. The van der Waals surface area contributed by atoms with Crippen molar-refractivity contribution in [2.45, 2.75) is 54.8 Å². The van der Waals surface area contributed by atoms with Crippen LogP contribution in [0.15, 0.2) is 70.8 Å². The van der Waals surface area contributed by atoms with Gasteiger partial charge in [-0.3, -0.25) is 9.36 Å². The van der Waals surface area contributed by atoms with E-state index in [1.807, 2.05) is 32.9 Å². The largest absolute Gasteiger partial charge is 0.495 e. The van der Waals surface area contributed by atoms with Crippen molar-refractivity contribution in [2.75, 3.05) is 20.2 Å². The topological polar surface area (TPSA) is 108 Å². The molecule has 14 heteroatoms. The molecule has 0 bridgehead atoms. The van der Waals surface area contributed by atoms with Crippen LogP contribution in [0, 0.1) is 17.5 Å². The zero-order valence-corrected chi connectivity index (χ0v) is 28.1. The fourth-order valence-electron chi connectivity index (χ4n) is 4.86. The number of hydrogen-bond donors (Lipinski definition) is 1. The Morgan fingerprint density at radius 2 is 1.74 bits per heavy atom. The minimum Gasteiger partial charge on any atom is -0.495 e. The normalized spacial score (nSPS) is 12.1. The lowest BCUT2D eigenvalue weighted by Crippen LogP contribution is -2.39. The number of thioether (sulfide) groups is 1. The molecule has 46 heavy (non-hydrogen) atoms. The molecule has 2 N–H and O–H groups in total. The van der Waals surface area contributed by atoms with Crippen LogP contribution in [0.1, 0.15) is 50.4 Å². The molecule has 4 rings (SSSR count). The first kappa shape index (κ1) is 35.3. The summed E-state index contributed by atoms with van der Waals surface area (Å²) in [4.78, 5) is 15.5. The summed E-state index contributed by atoms with van der Waals surface area (Å²) >= 11 is 7.28. The van der Waals surface area contributed by atoms with Crippen LogP contribution in [0.5, 0.6) is 5.75 Å². The van der Waals surface area contributed by atoms with Crippen molar-refractivity contribution < 1.29 is 31.1 Å². The molecule has 0 aliphatic carbocycles. The highest BCUT2D eigenvalue weighted by Crippen LogP contribution is 2.39. The van der Waals surface area contributed by atoms with E-state index in [4.69, 9.17) is 22.1 Å². The third-order valence-corrected chi connectivity index (χ3v) is 10.6.